The largest absolute Gasteiger partial charge is 0.388 e. The van der Waals surface area contributed by atoms with Crippen molar-refractivity contribution >= 4 is 0 Å². The van der Waals surface area contributed by atoms with Gasteiger partial charge in [-0.25, -0.2) is 4.39 Å². The van der Waals surface area contributed by atoms with Crippen LogP contribution in [-0.2, 0) is 5.41 Å². The highest BCUT2D eigenvalue weighted by atomic mass is 19.1. The van der Waals surface area contributed by atoms with E-state index in [1.807, 2.05) is 6.07 Å². The van der Waals surface area contributed by atoms with E-state index in [4.69, 9.17) is 0 Å². The van der Waals surface area contributed by atoms with Crippen molar-refractivity contribution < 1.29 is 9.50 Å². The summed E-state index contributed by atoms with van der Waals surface area (Å²) in [6, 6.07) is 11.7. The standard InChI is InChI=1S/C21H22FNO/c22-15-4-5-16(17(10-15)13-1-2-13)14-3-6-19-18(9-14)20(24)11-21(19)7-8-23-12-21/h3-6,9-10,13,20,23-24H,1-2,7-8,11-12H2. The van der Waals surface area contributed by atoms with Gasteiger partial charge in [-0.15, -0.1) is 0 Å². The second-order valence-electron chi connectivity index (χ2n) is 7.73. The molecule has 2 aliphatic carbocycles. The maximum absolute atomic E-state index is 13.7. The van der Waals surface area contributed by atoms with Crippen LogP contribution >= 0.6 is 0 Å². The van der Waals surface area contributed by atoms with Gasteiger partial charge in [0.15, 0.2) is 0 Å². The fourth-order valence-corrected chi connectivity index (χ4v) is 4.76. The second kappa shape index (κ2) is 5.14. The van der Waals surface area contributed by atoms with Gasteiger partial charge in [-0.2, -0.15) is 0 Å². The van der Waals surface area contributed by atoms with Gasteiger partial charge in [0.25, 0.3) is 0 Å². The summed E-state index contributed by atoms with van der Waals surface area (Å²) in [5.41, 5.74) is 5.84. The van der Waals surface area contributed by atoms with Gasteiger partial charge in [0.2, 0.25) is 0 Å². The Morgan fingerprint density at radius 1 is 1.08 bits per heavy atom. The molecule has 2 unspecified atom stereocenters. The molecule has 1 spiro atoms. The molecule has 5 rings (SSSR count). The van der Waals surface area contributed by atoms with Crippen molar-refractivity contribution in [3.8, 4) is 11.1 Å². The lowest BCUT2D eigenvalue weighted by molar-refractivity contribution is 0.158. The van der Waals surface area contributed by atoms with Crippen LogP contribution in [-0.4, -0.2) is 18.2 Å². The SMILES string of the molecule is OC1CC2(CCNC2)c2ccc(-c3ccc(F)cc3C3CC3)cc21. The third kappa shape index (κ3) is 2.15. The van der Waals surface area contributed by atoms with Gasteiger partial charge in [0.05, 0.1) is 6.10 Å². The molecule has 3 heteroatoms. The predicted octanol–water partition coefficient (Wildman–Crippen LogP) is 4.04. The Hall–Kier alpha value is -1.71. The van der Waals surface area contributed by atoms with Crippen molar-refractivity contribution in [1.82, 2.24) is 5.32 Å². The van der Waals surface area contributed by atoms with Crippen LogP contribution in [0.15, 0.2) is 36.4 Å². The Labute approximate surface area is 141 Å². The Bertz CT molecular complexity index is 805. The molecule has 1 heterocycles. The van der Waals surface area contributed by atoms with Crippen LogP contribution in [0, 0.1) is 5.82 Å². The van der Waals surface area contributed by atoms with Crippen LogP contribution in [0.4, 0.5) is 4.39 Å². The quantitative estimate of drug-likeness (QED) is 0.874. The Balaban J connectivity index is 1.61. The van der Waals surface area contributed by atoms with Gasteiger partial charge in [-0.05, 0) is 84.2 Å². The number of hydrogen-bond acceptors (Lipinski definition) is 2. The first-order valence-electron chi connectivity index (χ1n) is 8.99. The molecule has 2 aromatic rings. The van der Waals surface area contributed by atoms with E-state index in [1.165, 1.54) is 5.56 Å². The molecule has 2 N–H and O–H groups in total. The van der Waals surface area contributed by atoms with Crippen LogP contribution in [0.5, 0.6) is 0 Å². The molecule has 2 nitrogen and oxygen atoms in total. The third-order valence-electron chi connectivity index (χ3n) is 6.15. The van der Waals surface area contributed by atoms with Crippen LogP contribution < -0.4 is 5.32 Å². The van der Waals surface area contributed by atoms with E-state index in [0.717, 1.165) is 61.0 Å². The van der Waals surface area contributed by atoms with Crippen molar-refractivity contribution in [2.75, 3.05) is 13.1 Å². The zero-order chi connectivity index (χ0) is 16.3. The number of benzene rings is 2. The highest BCUT2D eigenvalue weighted by molar-refractivity contribution is 5.71. The van der Waals surface area contributed by atoms with E-state index in [1.54, 1.807) is 12.1 Å². The van der Waals surface area contributed by atoms with Gasteiger partial charge in [0.1, 0.15) is 5.82 Å². The fraction of sp³-hybridized carbons (Fsp3) is 0.429. The molecule has 3 aliphatic rings. The smallest absolute Gasteiger partial charge is 0.123 e. The lowest BCUT2D eigenvalue weighted by Gasteiger charge is -2.23. The van der Waals surface area contributed by atoms with Crippen molar-refractivity contribution in [3.05, 3.63) is 58.9 Å². The number of hydrogen-bond donors (Lipinski definition) is 2. The number of halogens is 1. The first-order valence-corrected chi connectivity index (χ1v) is 8.99. The molecule has 2 aromatic carbocycles. The predicted molar refractivity (Wildman–Crippen MR) is 92.6 cm³/mol. The van der Waals surface area contributed by atoms with E-state index in [-0.39, 0.29) is 17.3 Å². The molecule has 1 saturated carbocycles. The molecular formula is C21H22FNO. The summed E-state index contributed by atoms with van der Waals surface area (Å²) in [4.78, 5) is 0. The molecule has 24 heavy (non-hydrogen) atoms. The fourth-order valence-electron chi connectivity index (χ4n) is 4.76. The van der Waals surface area contributed by atoms with Crippen molar-refractivity contribution in [1.29, 1.82) is 0 Å². The number of nitrogens with one attached hydrogen (secondary N) is 1. The van der Waals surface area contributed by atoms with Crippen LogP contribution in [0.2, 0.25) is 0 Å². The maximum Gasteiger partial charge on any atom is 0.123 e. The molecule has 2 fully saturated rings. The van der Waals surface area contributed by atoms with Crippen molar-refractivity contribution in [2.45, 2.75) is 43.1 Å². The van der Waals surface area contributed by atoms with Crippen molar-refractivity contribution in [3.63, 3.8) is 0 Å². The lowest BCUT2D eigenvalue weighted by Crippen LogP contribution is -2.26. The Morgan fingerprint density at radius 2 is 1.96 bits per heavy atom. The van der Waals surface area contributed by atoms with Gasteiger partial charge in [-0.1, -0.05) is 18.2 Å². The Morgan fingerprint density at radius 3 is 2.71 bits per heavy atom. The average molecular weight is 323 g/mol. The summed E-state index contributed by atoms with van der Waals surface area (Å²) >= 11 is 0. The number of rotatable bonds is 2. The van der Waals surface area contributed by atoms with E-state index in [0.29, 0.717) is 5.92 Å². The van der Waals surface area contributed by atoms with Gasteiger partial charge in [-0.3, -0.25) is 0 Å². The summed E-state index contributed by atoms with van der Waals surface area (Å²) < 4.78 is 13.7. The second-order valence-corrected chi connectivity index (χ2v) is 7.73. The summed E-state index contributed by atoms with van der Waals surface area (Å²) in [7, 11) is 0. The molecule has 0 bridgehead atoms. The topological polar surface area (TPSA) is 32.3 Å². The number of aliphatic hydroxyl groups is 1. The minimum atomic E-state index is -0.385. The van der Waals surface area contributed by atoms with E-state index >= 15 is 0 Å². The normalized spacial score (nSPS) is 28.5. The first-order chi connectivity index (χ1) is 11.7. The molecule has 124 valence electrons. The average Bonchev–Trinajstić information content (AvgIpc) is 3.28. The highest BCUT2D eigenvalue weighted by Crippen LogP contribution is 2.50. The highest BCUT2D eigenvalue weighted by Gasteiger charge is 2.45. The van der Waals surface area contributed by atoms with Crippen LogP contribution in [0.1, 0.15) is 54.4 Å². The third-order valence-corrected chi connectivity index (χ3v) is 6.15. The van der Waals surface area contributed by atoms with Crippen LogP contribution in [0.25, 0.3) is 11.1 Å². The van der Waals surface area contributed by atoms with E-state index < -0.39 is 0 Å². The number of fused-ring (bicyclic) bond motifs is 2. The summed E-state index contributed by atoms with van der Waals surface area (Å²) in [6.45, 7) is 1.98. The maximum atomic E-state index is 13.7. The minimum absolute atomic E-state index is 0.107. The summed E-state index contributed by atoms with van der Waals surface area (Å²) in [5.74, 6) is 0.345. The molecule has 0 aromatic heterocycles. The van der Waals surface area contributed by atoms with Crippen molar-refractivity contribution in [2.24, 2.45) is 0 Å². The summed E-state index contributed by atoms with van der Waals surface area (Å²) in [6.07, 6.45) is 3.83. The Kier molecular flexibility index (Phi) is 3.13. The van der Waals surface area contributed by atoms with E-state index in [9.17, 15) is 9.50 Å². The monoisotopic (exact) mass is 323 g/mol. The van der Waals surface area contributed by atoms with Crippen LogP contribution in [0.3, 0.4) is 0 Å². The minimum Gasteiger partial charge on any atom is -0.388 e. The molecule has 2 atom stereocenters. The van der Waals surface area contributed by atoms with E-state index in [2.05, 4.69) is 23.5 Å². The zero-order valence-electron chi connectivity index (χ0n) is 13.7. The summed E-state index contributed by atoms with van der Waals surface area (Å²) in [5, 5.41) is 14.1. The molecule has 1 aliphatic heterocycles. The number of aliphatic hydroxyl groups excluding tert-OH is 1. The van der Waals surface area contributed by atoms with Gasteiger partial charge >= 0.3 is 0 Å². The molecular weight excluding hydrogens is 301 g/mol. The van der Waals surface area contributed by atoms with Gasteiger partial charge in [0, 0.05) is 12.0 Å². The molecule has 1 saturated heterocycles. The molecule has 0 amide bonds. The lowest BCUT2D eigenvalue weighted by atomic mass is 9.80. The molecule has 0 radical (unpaired) electrons. The van der Waals surface area contributed by atoms with Gasteiger partial charge < -0.3 is 10.4 Å². The first kappa shape index (κ1) is 14.6. The zero-order valence-corrected chi connectivity index (χ0v) is 13.7.